The van der Waals surface area contributed by atoms with E-state index in [1.165, 1.54) is 31.3 Å². The molecule has 92 valence electrons. The third kappa shape index (κ3) is 2.81. The zero-order valence-corrected chi connectivity index (χ0v) is 11.2. The Bertz CT molecular complexity index is 261. The van der Waals surface area contributed by atoms with Gasteiger partial charge in [0.2, 0.25) is 0 Å². The van der Waals surface area contributed by atoms with Crippen LogP contribution in [0.2, 0.25) is 0 Å². The van der Waals surface area contributed by atoms with Crippen molar-refractivity contribution in [3.63, 3.8) is 0 Å². The lowest BCUT2D eigenvalue weighted by atomic mass is 9.76. The van der Waals surface area contributed by atoms with Gasteiger partial charge in [-0.15, -0.1) is 11.6 Å². The van der Waals surface area contributed by atoms with Crippen LogP contribution >= 0.6 is 11.6 Å². The molecule has 0 amide bonds. The first-order chi connectivity index (χ1) is 7.70. The van der Waals surface area contributed by atoms with E-state index < -0.39 is 0 Å². The fourth-order valence-corrected chi connectivity index (χ4v) is 3.73. The highest BCUT2D eigenvalue weighted by molar-refractivity contribution is 6.18. The van der Waals surface area contributed by atoms with Crippen molar-refractivity contribution in [2.75, 3.05) is 12.5 Å². The number of allylic oxidation sites excluding steroid dienone is 2. The molecule has 2 heteroatoms. The van der Waals surface area contributed by atoms with Crippen LogP contribution < -0.4 is 0 Å². The van der Waals surface area contributed by atoms with Gasteiger partial charge in [0.15, 0.2) is 0 Å². The summed E-state index contributed by atoms with van der Waals surface area (Å²) in [7, 11) is 0. The molecule has 1 saturated heterocycles. The summed E-state index contributed by atoms with van der Waals surface area (Å²) in [6.07, 6.45) is 7.75. The first-order valence-corrected chi connectivity index (χ1v) is 7.09. The van der Waals surface area contributed by atoms with Crippen molar-refractivity contribution in [1.82, 2.24) is 0 Å². The van der Waals surface area contributed by atoms with E-state index in [2.05, 4.69) is 19.9 Å². The summed E-state index contributed by atoms with van der Waals surface area (Å²) in [5, 5.41) is 0. The number of halogens is 1. The fourth-order valence-electron chi connectivity index (χ4n) is 3.40. The number of rotatable bonds is 2. The van der Waals surface area contributed by atoms with Crippen molar-refractivity contribution in [2.24, 2.45) is 17.8 Å². The molecule has 4 unspecified atom stereocenters. The second-order valence-electron chi connectivity index (χ2n) is 5.58. The van der Waals surface area contributed by atoms with Gasteiger partial charge in [-0.1, -0.05) is 18.6 Å². The number of alkyl halides is 1. The molecule has 2 aliphatic rings. The summed E-state index contributed by atoms with van der Waals surface area (Å²) in [4.78, 5) is 0. The number of hydrogen-bond donors (Lipinski definition) is 0. The van der Waals surface area contributed by atoms with Crippen LogP contribution in [0.15, 0.2) is 11.6 Å². The zero-order chi connectivity index (χ0) is 11.5. The maximum atomic E-state index is 6.07. The van der Waals surface area contributed by atoms with E-state index in [-0.39, 0.29) is 0 Å². The van der Waals surface area contributed by atoms with E-state index in [0.717, 1.165) is 12.5 Å². The molecule has 0 saturated carbocycles. The summed E-state index contributed by atoms with van der Waals surface area (Å²) < 4.78 is 6.01. The largest absolute Gasteiger partial charge is 0.378 e. The van der Waals surface area contributed by atoms with Gasteiger partial charge in [-0.25, -0.2) is 0 Å². The van der Waals surface area contributed by atoms with E-state index >= 15 is 0 Å². The van der Waals surface area contributed by atoms with Crippen LogP contribution in [0.5, 0.6) is 0 Å². The molecule has 0 aromatic carbocycles. The summed E-state index contributed by atoms with van der Waals surface area (Å²) in [6.45, 7) is 5.50. The summed E-state index contributed by atoms with van der Waals surface area (Å²) in [5.41, 5.74) is 1.53. The van der Waals surface area contributed by atoms with Gasteiger partial charge < -0.3 is 4.74 Å². The quantitative estimate of drug-likeness (QED) is 0.525. The molecule has 1 aliphatic heterocycles. The minimum atomic E-state index is 0.414. The van der Waals surface area contributed by atoms with Gasteiger partial charge in [0.1, 0.15) is 0 Å². The SMILES string of the molecule is CC1=CC(C)CC(C2OCCCC2CCl)C1. The molecule has 4 atom stereocenters. The second-order valence-corrected chi connectivity index (χ2v) is 5.89. The fraction of sp³-hybridized carbons (Fsp3) is 0.857. The Labute approximate surface area is 104 Å². The van der Waals surface area contributed by atoms with Gasteiger partial charge in [0, 0.05) is 12.5 Å². The standard InChI is InChI=1S/C14H23ClO/c1-10-6-11(2)8-13(7-10)14-12(9-15)4-3-5-16-14/h6,10,12-14H,3-5,7-9H2,1-2H3. The van der Waals surface area contributed by atoms with Gasteiger partial charge in [-0.3, -0.25) is 0 Å². The average molecular weight is 243 g/mol. The van der Waals surface area contributed by atoms with Crippen LogP contribution in [0.3, 0.4) is 0 Å². The Kier molecular flexibility index (Phi) is 4.32. The van der Waals surface area contributed by atoms with Crippen molar-refractivity contribution in [2.45, 2.75) is 45.6 Å². The monoisotopic (exact) mass is 242 g/mol. The minimum absolute atomic E-state index is 0.414. The summed E-state index contributed by atoms with van der Waals surface area (Å²) >= 11 is 6.07. The molecule has 16 heavy (non-hydrogen) atoms. The van der Waals surface area contributed by atoms with E-state index in [1.807, 2.05) is 0 Å². The number of hydrogen-bond acceptors (Lipinski definition) is 1. The predicted octanol–water partition coefficient (Wildman–Crippen LogP) is 4.01. The van der Waals surface area contributed by atoms with Crippen molar-refractivity contribution in [3.05, 3.63) is 11.6 Å². The van der Waals surface area contributed by atoms with Crippen molar-refractivity contribution < 1.29 is 4.74 Å². The molecule has 1 heterocycles. The molecule has 0 radical (unpaired) electrons. The Balaban J connectivity index is 2.02. The zero-order valence-electron chi connectivity index (χ0n) is 10.4. The lowest BCUT2D eigenvalue weighted by Gasteiger charge is -2.39. The predicted molar refractivity (Wildman–Crippen MR) is 68.8 cm³/mol. The lowest BCUT2D eigenvalue weighted by molar-refractivity contribution is -0.0590. The van der Waals surface area contributed by atoms with Gasteiger partial charge in [0.25, 0.3) is 0 Å². The summed E-state index contributed by atoms with van der Waals surface area (Å²) in [5.74, 6) is 2.75. The molecule has 0 aromatic heterocycles. The van der Waals surface area contributed by atoms with Gasteiger partial charge >= 0.3 is 0 Å². The molecule has 2 rings (SSSR count). The lowest BCUT2D eigenvalue weighted by Crippen LogP contribution is -2.38. The van der Waals surface area contributed by atoms with Crippen LogP contribution in [-0.2, 0) is 4.74 Å². The minimum Gasteiger partial charge on any atom is -0.378 e. The third-order valence-corrected chi connectivity index (χ3v) is 4.38. The van der Waals surface area contributed by atoms with Gasteiger partial charge in [0.05, 0.1) is 6.10 Å². The average Bonchev–Trinajstić information content (AvgIpc) is 2.27. The Morgan fingerprint density at radius 1 is 1.50 bits per heavy atom. The van der Waals surface area contributed by atoms with E-state index in [4.69, 9.17) is 16.3 Å². The van der Waals surface area contributed by atoms with E-state index in [9.17, 15) is 0 Å². The second kappa shape index (κ2) is 5.55. The first kappa shape index (κ1) is 12.4. The highest BCUT2D eigenvalue weighted by Crippen LogP contribution is 2.37. The van der Waals surface area contributed by atoms with Crippen molar-refractivity contribution >= 4 is 11.6 Å². The van der Waals surface area contributed by atoms with Crippen molar-refractivity contribution in [1.29, 1.82) is 0 Å². The molecule has 0 spiro atoms. The van der Waals surface area contributed by atoms with E-state index in [0.29, 0.717) is 23.9 Å². The van der Waals surface area contributed by atoms with Gasteiger partial charge in [-0.05, 0) is 50.4 Å². The maximum Gasteiger partial charge on any atom is 0.0646 e. The van der Waals surface area contributed by atoms with Crippen LogP contribution in [-0.4, -0.2) is 18.6 Å². The Hall–Kier alpha value is -0.0100. The highest BCUT2D eigenvalue weighted by Gasteiger charge is 2.34. The smallest absolute Gasteiger partial charge is 0.0646 e. The Morgan fingerprint density at radius 2 is 2.31 bits per heavy atom. The highest BCUT2D eigenvalue weighted by atomic mass is 35.5. The maximum absolute atomic E-state index is 6.07. The summed E-state index contributed by atoms with van der Waals surface area (Å²) in [6, 6.07) is 0. The molecule has 1 fully saturated rings. The molecule has 1 aliphatic carbocycles. The molecule has 0 N–H and O–H groups in total. The molecular formula is C14H23ClO. The normalized spacial score (nSPS) is 40.6. The van der Waals surface area contributed by atoms with E-state index in [1.54, 1.807) is 0 Å². The molecule has 1 nitrogen and oxygen atoms in total. The Morgan fingerprint density at radius 3 is 3.00 bits per heavy atom. The van der Waals surface area contributed by atoms with Crippen LogP contribution in [0.25, 0.3) is 0 Å². The van der Waals surface area contributed by atoms with Gasteiger partial charge in [-0.2, -0.15) is 0 Å². The molecule has 0 bridgehead atoms. The van der Waals surface area contributed by atoms with Crippen LogP contribution in [0.4, 0.5) is 0 Å². The van der Waals surface area contributed by atoms with Crippen molar-refractivity contribution in [3.8, 4) is 0 Å². The van der Waals surface area contributed by atoms with Crippen LogP contribution in [0, 0.1) is 17.8 Å². The topological polar surface area (TPSA) is 9.23 Å². The molecular weight excluding hydrogens is 220 g/mol. The van der Waals surface area contributed by atoms with Crippen LogP contribution in [0.1, 0.15) is 39.5 Å². The third-order valence-electron chi connectivity index (χ3n) is 3.98. The first-order valence-electron chi connectivity index (χ1n) is 6.55. The molecule has 0 aromatic rings. The number of ether oxygens (including phenoxy) is 1.